The summed E-state index contributed by atoms with van der Waals surface area (Å²) in [5.41, 5.74) is 2.17. The summed E-state index contributed by atoms with van der Waals surface area (Å²) in [7, 11) is 0. The molecule has 0 atom stereocenters. The molecule has 1 aliphatic carbocycles. The average Bonchev–Trinajstić information content (AvgIpc) is 3.08. The fourth-order valence-electron chi connectivity index (χ4n) is 2.28. The molecule has 1 N–H and O–H groups in total. The third-order valence-electron chi connectivity index (χ3n) is 3.38. The highest BCUT2D eigenvalue weighted by molar-refractivity contribution is 9.10. The largest absolute Gasteiger partial charge is 0.458 e. The molecule has 4 heteroatoms. The van der Waals surface area contributed by atoms with Crippen molar-refractivity contribution in [1.29, 1.82) is 0 Å². The zero-order valence-electron chi connectivity index (χ0n) is 10.2. The van der Waals surface area contributed by atoms with Gasteiger partial charge in [-0.2, -0.15) is 0 Å². The Labute approximate surface area is 120 Å². The highest BCUT2D eigenvalue weighted by Gasteiger charge is 2.22. The van der Waals surface area contributed by atoms with E-state index in [9.17, 15) is 0 Å². The molecule has 1 aromatic heterocycles. The molecule has 1 aromatic carbocycles. The third kappa shape index (κ3) is 2.31. The topological polar surface area (TPSA) is 25.2 Å². The van der Waals surface area contributed by atoms with Gasteiger partial charge in [0.25, 0.3) is 0 Å². The first-order valence-corrected chi connectivity index (χ1v) is 7.48. The Morgan fingerprint density at radius 2 is 2.22 bits per heavy atom. The van der Waals surface area contributed by atoms with Crippen molar-refractivity contribution in [3.8, 4) is 0 Å². The van der Waals surface area contributed by atoms with Crippen molar-refractivity contribution in [3.63, 3.8) is 0 Å². The lowest BCUT2D eigenvalue weighted by Crippen LogP contribution is -2.15. The summed E-state index contributed by atoms with van der Waals surface area (Å²) in [6.45, 7) is 2.96. The molecular formula is C14H15BrClNO. The second kappa shape index (κ2) is 4.87. The van der Waals surface area contributed by atoms with Gasteiger partial charge in [0.05, 0.1) is 11.0 Å². The summed E-state index contributed by atoms with van der Waals surface area (Å²) >= 11 is 9.63. The van der Waals surface area contributed by atoms with E-state index in [1.807, 2.05) is 12.1 Å². The predicted molar refractivity (Wildman–Crippen MR) is 78.2 cm³/mol. The monoisotopic (exact) mass is 327 g/mol. The van der Waals surface area contributed by atoms with Crippen molar-refractivity contribution in [2.24, 2.45) is 0 Å². The fraction of sp³-hybridized carbons (Fsp3) is 0.429. The Morgan fingerprint density at radius 1 is 1.44 bits per heavy atom. The van der Waals surface area contributed by atoms with Crippen LogP contribution >= 0.6 is 27.5 Å². The van der Waals surface area contributed by atoms with Crippen LogP contribution < -0.4 is 5.32 Å². The SMILES string of the molecule is CCc1c(CNC2CC2)oc2c(Br)cc(Cl)cc12. The van der Waals surface area contributed by atoms with Gasteiger partial charge in [-0.05, 0) is 47.3 Å². The minimum atomic E-state index is 0.690. The van der Waals surface area contributed by atoms with Gasteiger partial charge in [0.2, 0.25) is 0 Å². The second-order valence-electron chi connectivity index (χ2n) is 4.78. The average molecular weight is 329 g/mol. The lowest BCUT2D eigenvalue weighted by atomic mass is 10.1. The molecule has 3 rings (SSSR count). The molecule has 0 spiro atoms. The first kappa shape index (κ1) is 12.5. The first-order valence-electron chi connectivity index (χ1n) is 6.31. The van der Waals surface area contributed by atoms with Crippen molar-refractivity contribution in [2.45, 2.75) is 38.8 Å². The Hall–Kier alpha value is -0.510. The van der Waals surface area contributed by atoms with Gasteiger partial charge >= 0.3 is 0 Å². The van der Waals surface area contributed by atoms with Crippen LogP contribution in [0.4, 0.5) is 0 Å². The molecule has 1 saturated carbocycles. The molecule has 2 nitrogen and oxygen atoms in total. The van der Waals surface area contributed by atoms with E-state index in [0.29, 0.717) is 6.04 Å². The molecular weight excluding hydrogens is 314 g/mol. The molecule has 1 heterocycles. The maximum Gasteiger partial charge on any atom is 0.148 e. The number of furan rings is 1. The summed E-state index contributed by atoms with van der Waals surface area (Å²) in [5.74, 6) is 1.04. The van der Waals surface area contributed by atoms with E-state index in [-0.39, 0.29) is 0 Å². The number of fused-ring (bicyclic) bond motifs is 1. The highest BCUT2D eigenvalue weighted by atomic mass is 79.9. The maximum atomic E-state index is 6.11. The van der Waals surface area contributed by atoms with Gasteiger partial charge in [-0.1, -0.05) is 18.5 Å². The lowest BCUT2D eigenvalue weighted by Gasteiger charge is -2.01. The van der Waals surface area contributed by atoms with Crippen molar-refractivity contribution >= 4 is 38.5 Å². The van der Waals surface area contributed by atoms with Gasteiger partial charge in [-0.25, -0.2) is 0 Å². The molecule has 1 aliphatic rings. The first-order chi connectivity index (χ1) is 8.69. The number of halogens is 2. The number of rotatable bonds is 4. The number of hydrogen-bond donors (Lipinski definition) is 1. The van der Waals surface area contributed by atoms with Crippen LogP contribution in [0.1, 0.15) is 31.1 Å². The number of benzene rings is 1. The van der Waals surface area contributed by atoms with E-state index in [4.69, 9.17) is 16.0 Å². The minimum Gasteiger partial charge on any atom is -0.458 e. The van der Waals surface area contributed by atoms with Crippen LogP contribution in [0.5, 0.6) is 0 Å². The van der Waals surface area contributed by atoms with E-state index in [1.165, 1.54) is 18.4 Å². The standard InChI is InChI=1S/C14H15BrClNO/c1-2-10-11-5-8(16)6-12(15)14(11)18-13(10)7-17-9-3-4-9/h5-6,9,17H,2-4,7H2,1H3. The van der Waals surface area contributed by atoms with Crippen molar-refractivity contribution < 1.29 is 4.42 Å². The summed E-state index contributed by atoms with van der Waals surface area (Å²) in [6.07, 6.45) is 3.54. The van der Waals surface area contributed by atoms with Gasteiger partial charge in [0.15, 0.2) is 0 Å². The molecule has 18 heavy (non-hydrogen) atoms. The maximum absolute atomic E-state index is 6.11. The molecule has 0 amide bonds. The molecule has 96 valence electrons. The van der Waals surface area contributed by atoms with Crippen LogP contribution in [0.2, 0.25) is 5.02 Å². The van der Waals surface area contributed by atoms with E-state index in [1.54, 1.807) is 0 Å². The molecule has 0 unspecified atom stereocenters. The summed E-state index contributed by atoms with van der Waals surface area (Å²) < 4.78 is 6.91. The summed E-state index contributed by atoms with van der Waals surface area (Å²) in [5, 5.41) is 5.37. The molecule has 0 aliphatic heterocycles. The predicted octanol–water partition coefficient (Wildman–Crippen LogP) is 4.66. The van der Waals surface area contributed by atoms with Crippen LogP contribution in [0.15, 0.2) is 21.0 Å². The summed E-state index contributed by atoms with van der Waals surface area (Å²) in [4.78, 5) is 0. The van der Waals surface area contributed by atoms with E-state index in [0.717, 1.165) is 39.2 Å². The van der Waals surface area contributed by atoms with Crippen LogP contribution in [0.25, 0.3) is 11.0 Å². The smallest absolute Gasteiger partial charge is 0.148 e. The van der Waals surface area contributed by atoms with Crippen molar-refractivity contribution in [3.05, 3.63) is 33.0 Å². The number of nitrogens with one attached hydrogen (secondary N) is 1. The van der Waals surface area contributed by atoms with Crippen molar-refractivity contribution in [1.82, 2.24) is 5.32 Å². The zero-order valence-corrected chi connectivity index (χ0v) is 12.6. The number of hydrogen-bond acceptors (Lipinski definition) is 2. The Kier molecular flexibility index (Phi) is 3.39. The Bertz CT molecular complexity index is 589. The summed E-state index contributed by atoms with van der Waals surface area (Å²) in [6, 6.07) is 4.56. The molecule has 0 bridgehead atoms. The normalized spacial score (nSPS) is 15.5. The quantitative estimate of drug-likeness (QED) is 0.883. The van der Waals surface area contributed by atoms with Crippen LogP contribution in [-0.4, -0.2) is 6.04 Å². The van der Waals surface area contributed by atoms with Gasteiger partial charge in [0.1, 0.15) is 11.3 Å². The van der Waals surface area contributed by atoms with Gasteiger partial charge in [-0.15, -0.1) is 0 Å². The third-order valence-corrected chi connectivity index (χ3v) is 4.18. The number of aryl methyl sites for hydroxylation is 1. The van der Waals surface area contributed by atoms with Gasteiger partial charge in [0, 0.05) is 22.0 Å². The molecule has 1 fully saturated rings. The molecule has 0 radical (unpaired) electrons. The van der Waals surface area contributed by atoms with E-state index < -0.39 is 0 Å². The second-order valence-corrected chi connectivity index (χ2v) is 6.07. The van der Waals surface area contributed by atoms with Gasteiger partial charge in [-0.3, -0.25) is 0 Å². The highest BCUT2D eigenvalue weighted by Crippen LogP contribution is 2.35. The van der Waals surface area contributed by atoms with E-state index >= 15 is 0 Å². The Morgan fingerprint density at radius 3 is 2.89 bits per heavy atom. The zero-order chi connectivity index (χ0) is 12.7. The minimum absolute atomic E-state index is 0.690. The van der Waals surface area contributed by atoms with Crippen molar-refractivity contribution in [2.75, 3.05) is 0 Å². The molecule has 0 saturated heterocycles. The van der Waals surface area contributed by atoms with Gasteiger partial charge < -0.3 is 9.73 Å². The van der Waals surface area contributed by atoms with Crippen LogP contribution in [0.3, 0.4) is 0 Å². The molecule has 2 aromatic rings. The van der Waals surface area contributed by atoms with Crippen LogP contribution in [0, 0.1) is 0 Å². The Balaban J connectivity index is 2.04. The lowest BCUT2D eigenvalue weighted by molar-refractivity contribution is 0.506. The fourth-order valence-corrected chi connectivity index (χ4v) is 3.17. The van der Waals surface area contributed by atoms with E-state index in [2.05, 4.69) is 28.2 Å². The van der Waals surface area contributed by atoms with Crippen LogP contribution in [-0.2, 0) is 13.0 Å².